The minimum Gasteiger partial charge on any atom is -0.465 e. The summed E-state index contributed by atoms with van der Waals surface area (Å²) in [5.74, 6) is 0.0207. The lowest BCUT2D eigenvalue weighted by Crippen LogP contribution is -2.51. The molecule has 3 rings (SSSR count). The molecule has 0 saturated carbocycles. The Morgan fingerprint density at radius 1 is 1.33 bits per heavy atom. The number of amides is 2. The number of nitrogens with one attached hydrogen (secondary N) is 1. The Morgan fingerprint density at radius 3 is 2.75 bits per heavy atom. The summed E-state index contributed by atoms with van der Waals surface area (Å²) < 4.78 is 0. The molecule has 2 N–H and O–H groups in total. The molecule has 0 spiro atoms. The zero-order valence-corrected chi connectivity index (χ0v) is 13.7. The van der Waals surface area contributed by atoms with Gasteiger partial charge in [-0.15, -0.1) is 0 Å². The zero-order valence-electron chi connectivity index (χ0n) is 13.7. The molecule has 2 aromatic rings. The molecule has 1 aliphatic rings. The van der Waals surface area contributed by atoms with E-state index in [2.05, 4.69) is 10.2 Å². The van der Waals surface area contributed by atoms with Crippen LogP contribution in [0.1, 0.15) is 26.7 Å². The largest absolute Gasteiger partial charge is 0.465 e. The summed E-state index contributed by atoms with van der Waals surface area (Å²) in [5, 5.41) is 16.2. The van der Waals surface area contributed by atoms with Crippen LogP contribution in [-0.2, 0) is 4.79 Å². The molecular weight excluding hydrogens is 308 g/mol. The summed E-state index contributed by atoms with van der Waals surface area (Å²) in [6.07, 6.45) is 3.61. The lowest BCUT2D eigenvalue weighted by Gasteiger charge is -2.40. The highest BCUT2D eigenvalue weighted by molar-refractivity contribution is 6.03. The number of H-pyrrole nitrogens is 1. The Balaban J connectivity index is 2.10. The van der Waals surface area contributed by atoms with Gasteiger partial charge in [0.25, 0.3) is 0 Å². The predicted octanol–water partition coefficient (Wildman–Crippen LogP) is 3.10. The van der Waals surface area contributed by atoms with Crippen molar-refractivity contribution in [1.82, 2.24) is 10.2 Å². The van der Waals surface area contributed by atoms with E-state index in [1.807, 2.05) is 26.0 Å². The van der Waals surface area contributed by atoms with Crippen LogP contribution in [0.2, 0.25) is 0 Å². The predicted molar refractivity (Wildman–Crippen MR) is 91.3 cm³/mol. The van der Waals surface area contributed by atoms with Gasteiger partial charge in [0, 0.05) is 24.7 Å². The quantitative estimate of drug-likeness (QED) is 0.906. The maximum atomic E-state index is 12.5. The molecule has 0 aliphatic carbocycles. The minimum absolute atomic E-state index is 0.0207. The second kappa shape index (κ2) is 6.35. The van der Waals surface area contributed by atoms with Gasteiger partial charge in [-0.25, -0.2) is 4.79 Å². The SMILES string of the molecule is CCCC(=O)N1c2ccc(-c3cn[nH]c3)cc2N(C(=O)O)C[C@@H]1C. The highest BCUT2D eigenvalue weighted by Gasteiger charge is 2.34. The van der Waals surface area contributed by atoms with E-state index in [0.29, 0.717) is 17.8 Å². The third kappa shape index (κ3) is 2.73. The van der Waals surface area contributed by atoms with Crippen LogP contribution in [0.15, 0.2) is 30.6 Å². The van der Waals surface area contributed by atoms with Crippen molar-refractivity contribution in [2.24, 2.45) is 0 Å². The van der Waals surface area contributed by atoms with E-state index in [1.54, 1.807) is 23.4 Å². The summed E-state index contributed by atoms with van der Waals surface area (Å²) in [5.41, 5.74) is 2.89. The highest BCUT2D eigenvalue weighted by Crippen LogP contribution is 2.39. The van der Waals surface area contributed by atoms with Crippen LogP contribution in [0, 0.1) is 0 Å². The first-order chi connectivity index (χ1) is 11.5. The van der Waals surface area contributed by atoms with Gasteiger partial charge in [0.05, 0.1) is 23.6 Å². The minimum atomic E-state index is -1.02. The van der Waals surface area contributed by atoms with Crippen molar-refractivity contribution in [1.29, 1.82) is 0 Å². The van der Waals surface area contributed by atoms with Gasteiger partial charge in [0.2, 0.25) is 5.91 Å². The molecule has 0 unspecified atom stereocenters. The van der Waals surface area contributed by atoms with E-state index in [1.165, 1.54) is 4.90 Å². The summed E-state index contributed by atoms with van der Waals surface area (Å²) >= 11 is 0. The number of anilines is 2. The topological polar surface area (TPSA) is 89.5 Å². The lowest BCUT2D eigenvalue weighted by molar-refractivity contribution is -0.119. The second-order valence-corrected chi connectivity index (χ2v) is 5.95. The monoisotopic (exact) mass is 328 g/mol. The van der Waals surface area contributed by atoms with Crippen molar-refractivity contribution in [3.8, 4) is 11.1 Å². The van der Waals surface area contributed by atoms with E-state index in [-0.39, 0.29) is 18.5 Å². The Labute approximate surface area is 139 Å². The van der Waals surface area contributed by atoms with Crippen LogP contribution in [0.25, 0.3) is 11.1 Å². The van der Waals surface area contributed by atoms with E-state index in [4.69, 9.17) is 0 Å². The molecule has 0 bridgehead atoms. The van der Waals surface area contributed by atoms with Crippen LogP contribution in [0.4, 0.5) is 16.2 Å². The Kier molecular flexibility index (Phi) is 4.24. The van der Waals surface area contributed by atoms with Crippen molar-refractivity contribution in [3.63, 3.8) is 0 Å². The first-order valence-corrected chi connectivity index (χ1v) is 7.98. The number of carbonyl (C=O) groups excluding carboxylic acids is 1. The number of hydrogen-bond acceptors (Lipinski definition) is 3. The molecule has 1 aliphatic heterocycles. The summed E-state index contributed by atoms with van der Waals surface area (Å²) in [6, 6.07) is 5.30. The molecule has 7 nitrogen and oxygen atoms in total. The number of aromatic amines is 1. The Hall–Kier alpha value is -2.83. The van der Waals surface area contributed by atoms with Crippen molar-refractivity contribution < 1.29 is 14.7 Å². The van der Waals surface area contributed by atoms with Crippen LogP contribution >= 0.6 is 0 Å². The lowest BCUT2D eigenvalue weighted by atomic mass is 10.0. The normalized spacial score (nSPS) is 16.8. The average molecular weight is 328 g/mol. The fourth-order valence-corrected chi connectivity index (χ4v) is 3.11. The number of benzene rings is 1. The molecule has 0 saturated heterocycles. The fraction of sp³-hybridized carbons (Fsp3) is 0.353. The molecule has 2 amide bonds. The fourth-order valence-electron chi connectivity index (χ4n) is 3.11. The Bertz CT molecular complexity index is 757. The number of nitrogens with zero attached hydrogens (tertiary/aromatic N) is 3. The van der Waals surface area contributed by atoms with Crippen molar-refractivity contribution in [2.75, 3.05) is 16.3 Å². The molecule has 0 radical (unpaired) electrons. The molecular formula is C17H20N4O3. The molecule has 1 aromatic heterocycles. The third-order valence-corrected chi connectivity index (χ3v) is 4.21. The van der Waals surface area contributed by atoms with Crippen LogP contribution in [0.5, 0.6) is 0 Å². The number of carboxylic acid groups (broad SMARTS) is 1. The molecule has 126 valence electrons. The maximum absolute atomic E-state index is 12.5. The number of aromatic nitrogens is 2. The van der Waals surface area contributed by atoms with E-state index >= 15 is 0 Å². The van der Waals surface area contributed by atoms with Crippen LogP contribution in [-0.4, -0.2) is 39.9 Å². The molecule has 0 fully saturated rings. The van der Waals surface area contributed by atoms with Crippen molar-refractivity contribution >= 4 is 23.4 Å². The van der Waals surface area contributed by atoms with E-state index in [0.717, 1.165) is 17.5 Å². The van der Waals surface area contributed by atoms with Crippen molar-refractivity contribution in [3.05, 3.63) is 30.6 Å². The first kappa shape index (κ1) is 16.0. The number of fused-ring (bicyclic) bond motifs is 1. The van der Waals surface area contributed by atoms with E-state index in [9.17, 15) is 14.7 Å². The highest BCUT2D eigenvalue weighted by atomic mass is 16.4. The van der Waals surface area contributed by atoms with Gasteiger partial charge in [-0.05, 0) is 31.0 Å². The number of hydrogen-bond donors (Lipinski definition) is 2. The Morgan fingerprint density at radius 2 is 2.12 bits per heavy atom. The van der Waals surface area contributed by atoms with Gasteiger partial charge in [0.1, 0.15) is 0 Å². The molecule has 1 atom stereocenters. The number of carbonyl (C=O) groups is 2. The van der Waals surface area contributed by atoms with E-state index < -0.39 is 6.09 Å². The van der Waals surface area contributed by atoms with Gasteiger partial charge < -0.3 is 10.0 Å². The average Bonchev–Trinajstić information content (AvgIpc) is 3.08. The zero-order chi connectivity index (χ0) is 17.3. The van der Waals surface area contributed by atoms with Gasteiger partial charge in [-0.2, -0.15) is 5.10 Å². The summed E-state index contributed by atoms with van der Waals surface area (Å²) in [7, 11) is 0. The summed E-state index contributed by atoms with van der Waals surface area (Å²) in [4.78, 5) is 27.2. The first-order valence-electron chi connectivity index (χ1n) is 7.98. The van der Waals surface area contributed by atoms with Crippen LogP contribution < -0.4 is 9.80 Å². The third-order valence-electron chi connectivity index (χ3n) is 4.21. The molecule has 7 heteroatoms. The number of rotatable bonds is 3. The molecule has 1 aromatic carbocycles. The van der Waals surface area contributed by atoms with Crippen molar-refractivity contribution in [2.45, 2.75) is 32.7 Å². The smallest absolute Gasteiger partial charge is 0.411 e. The van der Waals surface area contributed by atoms with Gasteiger partial charge in [-0.1, -0.05) is 13.0 Å². The van der Waals surface area contributed by atoms with Crippen LogP contribution in [0.3, 0.4) is 0 Å². The van der Waals surface area contributed by atoms with Gasteiger partial charge >= 0.3 is 6.09 Å². The molecule has 2 heterocycles. The standard InChI is InChI=1S/C17H20N4O3/c1-3-4-16(22)21-11(2)10-20(17(23)24)15-7-12(5-6-14(15)21)13-8-18-19-9-13/h5-9,11H,3-4,10H2,1-2H3,(H,18,19)(H,23,24)/t11-/m0/s1. The maximum Gasteiger partial charge on any atom is 0.411 e. The van der Waals surface area contributed by atoms with Gasteiger partial charge in [-0.3, -0.25) is 14.8 Å². The molecule has 24 heavy (non-hydrogen) atoms. The second-order valence-electron chi connectivity index (χ2n) is 5.95. The summed E-state index contributed by atoms with van der Waals surface area (Å²) in [6.45, 7) is 4.09. The van der Waals surface area contributed by atoms with Gasteiger partial charge in [0.15, 0.2) is 0 Å².